The van der Waals surface area contributed by atoms with Crippen LogP contribution in [0.5, 0.6) is 11.5 Å². The first-order valence-electron chi connectivity index (χ1n) is 6.73. The number of ether oxygens (including phenoxy) is 2. The normalized spacial score (nSPS) is 10.8. The monoisotopic (exact) mass is 319 g/mol. The maximum absolute atomic E-state index is 6.06. The molecule has 2 aromatic heterocycles. The van der Waals surface area contributed by atoms with Crippen LogP contribution < -0.4 is 9.47 Å². The van der Waals surface area contributed by atoms with Crippen molar-refractivity contribution >= 4 is 22.5 Å². The van der Waals surface area contributed by atoms with Gasteiger partial charge in [-0.15, -0.1) is 0 Å². The van der Waals surface area contributed by atoms with E-state index in [0.717, 1.165) is 11.8 Å². The summed E-state index contributed by atoms with van der Waals surface area (Å²) in [4.78, 5) is 9.77. The second-order valence-corrected chi connectivity index (χ2v) is 4.87. The van der Waals surface area contributed by atoms with Crippen molar-refractivity contribution in [1.82, 2.24) is 25.0 Å². The Morgan fingerprint density at radius 3 is 2.73 bits per heavy atom. The molecule has 114 valence electrons. The van der Waals surface area contributed by atoms with Crippen LogP contribution in [0.3, 0.4) is 0 Å². The summed E-state index contributed by atoms with van der Waals surface area (Å²) in [6.07, 6.45) is 5.50. The molecule has 0 spiro atoms. The molecule has 2 heterocycles. The minimum absolute atomic E-state index is 0.389. The van der Waals surface area contributed by atoms with Gasteiger partial charge in [0.25, 0.3) is 0 Å². The van der Waals surface area contributed by atoms with Gasteiger partial charge >= 0.3 is 0 Å². The fraction of sp³-hybridized carbons (Fsp3) is 0.286. The number of fused-ring (bicyclic) bond motifs is 1. The summed E-state index contributed by atoms with van der Waals surface area (Å²) in [5, 5.41) is 9.20. The van der Waals surface area contributed by atoms with Crippen LogP contribution in [0, 0.1) is 0 Å². The van der Waals surface area contributed by atoms with Crippen molar-refractivity contribution in [3.8, 4) is 11.5 Å². The predicted octanol–water partition coefficient (Wildman–Crippen LogP) is 2.35. The lowest BCUT2D eigenvalue weighted by Crippen LogP contribution is -2.07. The summed E-state index contributed by atoms with van der Waals surface area (Å²) in [5.74, 6) is 1.22. The Morgan fingerprint density at radius 1 is 1.14 bits per heavy atom. The van der Waals surface area contributed by atoms with E-state index in [2.05, 4.69) is 20.2 Å². The molecule has 3 rings (SSSR count). The van der Waals surface area contributed by atoms with Crippen LogP contribution in [0.1, 0.15) is 6.42 Å². The number of halogens is 1. The summed E-state index contributed by atoms with van der Waals surface area (Å²) in [6.45, 7) is 1.21. The highest BCUT2D eigenvalue weighted by Crippen LogP contribution is 2.33. The molecule has 3 aromatic rings. The number of benzene rings is 1. The van der Waals surface area contributed by atoms with Crippen molar-refractivity contribution in [3.63, 3.8) is 0 Å². The van der Waals surface area contributed by atoms with E-state index in [1.165, 1.54) is 6.33 Å². The third-order valence-electron chi connectivity index (χ3n) is 3.10. The lowest BCUT2D eigenvalue weighted by Gasteiger charge is -2.12. The number of aromatic nitrogens is 5. The van der Waals surface area contributed by atoms with Crippen molar-refractivity contribution in [2.75, 3.05) is 13.7 Å². The number of hydrogen-bond donors (Lipinski definition) is 0. The quantitative estimate of drug-likeness (QED) is 0.513. The van der Waals surface area contributed by atoms with Gasteiger partial charge in [-0.3, -0.25) is 0 Å². The average Bonchev–Trinajstić information content (AvgIpc) is 3.04. The van der Waals surface area contributed by atoms with Crippen LogP contribution >= 0.6 is 11.6 Å². The molecule has 0 unspecified atom stereocenters. The lowest BCUT2D eigenvalue weighted by atomic mass is 10.2. The highest BCUT2D eigenvalue weighted by molar-refractivity contribution is 6.34. The number of nitrogens with zero attached hydrogens (tertiary/aromatic N) is 5. The van der Waals surface area contributed by atoms with Crippen molar-refractivity contribution in [2.24, 2.45) is 0 Å². The first kappa shape index (κ1) is 14.5. The maximum Gasteiger partial charge on any atom is 0.163 e. The molecule has 0 aliphatic heterocycles. The van der Waals surface area contributed by atoms with E-state index in [4.69, 9.17) is 21.1 Å². The van der Waals surface area contributed by atoms with Gasteiger partial charge in [0.1, 0.15) is 11.5 Å². The maximum atomic E-state index is 6.06. The second kappa shape index (κ2) is 6.57. The molecule has 0 bridgehead atoms. The zero-order valence-corrected chi connectivity index (χ0v) is 12.7. The van der Waals surface area contributed by atoms with Gasteiger partial charge in [-0.1, -0.05) is 11.6 Å². The van der Waals surface area contributed by atoms with E-state index < -0.39 is 0 Å². The van der Waals surface area contributed by atoms with Crippen LogP contribution in [-0.4, -0.2) is 38.7 Å². The fourth-order valence-electron chi connectivity index (χ4n) is 2.05. The first-order valence-corrected chi connectivity index (χ1v) is 7.11. The van der Waals surface area contributed by atoms with Crippen LogP contribution in [-0.2, 0) is 6.54 Å². The molecular formula is C14H14ClN5O2. The largest absolute Gasteiger partial charge is 0.493 e. The fourth-order valence-corrected chi connectivity index (χ4v) is 2.25. The topological polar surface area (TPSA) is 75.0 Å². The smallest absolute Gasteiger partial charge is 0.163 e. The van der Waals surface area contributed by atoms with E-state index in [1.807, 2.05) is 0 Å². The number of methoxy groups -OCH3 is 1. The van der Waals surface area contributed by atoms with E-state index in [9.17, 15) is 0 Å². The van der Waals surface area contributed by atoms with Gasteiger partial charge in [0.15, 0.2) is 11.5 Å². The summed E-state index contributed by atoms with van der Waals surface area (Å²) in [7, 11) is 1.58. The zero-order chi connectivity index (χ0) is 15.4. The molecular weight excluding hydrogens is 306 g/mol. The average molecular weight is 320 g/mol. The van der Waals surface area contributed by atoms with Gasteiger partial charge in [0, 0.05) is 17.9 Å². The van der Waals surface area contributed by atoms with E-state index in [1.54, 1.807) is 36.4 Å². The van der Waals surface area contributed by atoms with Crippen molar-refractivity contribution in [2.45, 2.75) is 13.0 Å². The van der Waals surface area contributed by atoms with Crippen LogP contribution in [0.15, 0.2) is 30.9 Å². The van der Waals surface area contributed by atoms with Gasteiger partial charge in [-0.2, -0.15) is 15.0 Å². The van der Waals surface area contributed by atoms with Gasteiger partial charge in [-0.05, 0) is 6.07 Å². The molecule has 0 N–H and O–H groups in total. The van der Waals surface area contributed by atoms with Crippen molar-refractivity contribution < 1.29 is 9.47 Å². The van der Waals surface area contributed by atoms with Crippen LogP contribution in [0.25, 0.3) is 10.9 Å². The van der Waals surface area contributed by atoms with E-state index in [0.29, 0.717) is 35.3 Å². The first-order chi connectivity index (χ1) is 10.8. The molecule has 7 nitrogen and oxygen atoms in total. The third kappa shape index (κ3) is 3.09. The SMILES string of the molecule is COc1cc2c(Cl)ncnc2cc1OCCCn1nccn1. The Kier molecular flexibility index (Phi) is 4.34. The van der Waals surface area contributed by atoms with E-state index in [-0.39, 0.29) is 0 Å². The second-order valence-electron chi connectivity index (χ2n) is 4.51. The predicted molar refractivity (Wildman–Crippen MR) is 81.2 cm³/mol. The molecule has 0 amide bonds. The molecule has 0 aliphatic rings. The molecule has 1 aromatic carbocycles. The molecule has 22 heavy (non-hydrogen) atoms. The third-order valence-corrected chi connectivity index (χ3v) is 3.40. The van der Waals surface area contributed by atoms with Gasteiger partial charge in [-0.25, -0.2) is 9.97 Å². The van der Waals surface area contributed by atoms with Crippen LogP contribution in [0.4, 0.5) is 0 Å². The number of rotatable bonds is 6. The molecule has 0 atom stereocenters. The van der Waals surface area contributed by atoms with Gasteiger partial charge in [0.05, 0.1) is 38.2 Å². The Balaban J connectivity index is 1.72. The summed E-state index contributed by atoms with van der Waals surface area (Å²) in [5.41, 5.74) is 0.713. The van der Waals surface area contributed by atoms with Gasteiger partial charge < -0.3 is 9.47 Å². The van der Waals surface area contributed by atoms with E-state index >= 15 is 0 Å². The highest BCUT2D eigenvalue weighted by Gasteiger charge is 2.10. The molecule has 0 saturated carbocycles. The molecule has 8 heteroatoms. The molecule has 0 fully saturated rings. The summed E-state index contributed by atoms with van der Waals surface area (Å²) < 4.78 is 11.1. The minimum atomic E-state index is 0.389. The van der Waals surface area contributed by atoms with Crippen molar-refractivity contribution in [3.05, 3.63) is 36.0 Å². The highest BCUT2D eigenvalue weighted by atomic mass is 35.5. The Morgan fingerprint density at radius 2 is 1.95 bits per heavy atom. The Labute approximate surface area is 131 Å². The Bertz CT molecular complexity index is 763. The molecule has 0 aliphatic carbocycles. The van der Waals surface area contributed by atoms with Crippen molar-refractivity contribution in [1.29, 1.82) is 0 Å². The van der Waals surface area contributed by atoms with Gasteiger partial charge in [0.2, 0.25) is 0 Å². The zero-order valence-electron chi connectivity index (χ0n) is 11.9. The minimum Gasteiger partial charge on any atom is -0.493 e. The standard InChI is InChI=1S/C14H14ClN5O2/c1-21-12-7-10-11(16-9-17-14(10)15)8-13(12)22-6-2-5-20-18-3-4-19-20/h3-4,7-9H,2,5-6H2,1H3. The lowest BCUT2D eigenvalue weighted by molar-refractivity contribution is 0.277. The Hall–Kier alpha value is -2.41. The van der Waals surface area contributed by atoms with Crippen LogP contribution in [0.2, 0.25) is 5.15 Å². The molecule has 0 radical (unpaired) electrons. The summed E-state index contributed by atoms with van der Waals surface area (Å²) >= 11 is 6.06. The summed E-state index contributed by atoms with van der Waals surface area (Å²) in [6, 6.07) is 3.58. The molecule has 0 saturated heterocycles. The number of aryl methyl sites for hydroxylation is 1. The number of hydrogen-bond acceptors (Lipinski definition) is 6.